The molecule has 0 unspecified atom stereocenters. The average molecular weight is 638 g/mol. The van der Waals surface area contributed by atoms with Gasteiger partial charge >= 0.3 is 16.5 Å². The van der Waals surface area contributed by atoms with Gasteiger partial charge < -0.3 is 10.6 Å². The number of nitrogens with one attached hydrogen (secondary N) is 2. The fraction of sp³-hybridized carbons (Fsp3) is 0.500. The van der Waals surface area contributed by atoms with Crippen LogP contribution in [0.3, 0.4) is 0 Å². The summed E-state index contributed by atoms with van der Waals surface area (Å²) in [4.78, 5) is 5.25. The molecule has 2 aromatic rings. The summed E-state index contributed by atoms with van der Waals surface area (Å²) in [6, 6.07) is 21.8. The number of hydrogen-bond acceptors (Lipinski definition) is 12. The summed E-state index contributed by atoms with van der Waals surface area (Å²) in [5.41, 5.74) is 2.82. The molecule has 1 aliphatic rings. The van der Waals surface area contributed by atoms with Crippen molar-refractivity contribution in [2.24, 2.45) is 0 Å². The Balaban J connectivity index is 0.00000113. The first kappa shape index (κ1) is 38.0. The van der Waals surface area contributed by atoms with E-state index >= 15 is 0 Å². The predicted molar refractivity (Wildman–Crippen MR) is 118 cm³/mol. The van der Waals surface area contributed by atoms with E-state index in [-0.39, 0.29) is 16.5 Å². The van der Waals surface area contributed by atoms with Crippen LogP contribution in [0.15, 0.2) is 60.7 Å². The van der Waals surface area contributed by atoms with Gasteiger partial charge in [0.05, 0.1) is 0 Å². The molecule has 0 saturated carbocycles. The Bertz CT molecular complexity index is 755. The molecule has 1 aliphatic heterocycles. The van der Waals surface area contributed by atoms with Crippen LogP contribution in [0.1, 0.15) is 24.0 Å². The van der Waals surface area contributed by atoms with E-state index in [4.69, 9.17) is 37.3 Å². The summed E-state index contributed by atoms with van der Waals surface area (Å²) in [5.74, 6) is 0. The first-order valence-corrected chi connectivity index (χ1v) is 14.5. The van der Waals surface area contributed by atoms with E-state index in [0.29, 0.717) is 0 Å². The van der Waals surface area contributed by atoms with Crippen LogP contribution in [0, 0.1) is 20.5 Å². The smallest absolute Gasteiger partial charge is 0.315 e. The van der Waals surface area contributed by atoms with Gasteiger partial charge in [-0.2, -0.15) is 0 Å². The van der Waals surface area contributed by atoms with Gasteiger partial charge in [-0.3, -0.25) is 9.80 Å². The minimum atomic E-state index is -4.94. The SMILES string of the molecule is [Ni+2].[O-][Cl+3]([O-])([O-])[O-].[O-][Cl+3]([O-])([O-])[O-].c1ccc(CN2CCCNCCNCCCN(Cc3ccccc3)CC2)cc1. The molecule has 1 saturated heterocycles. The van der Waals surface area contributed by atoms with Crippen molar-refractivity contribution < 1.29 is 74.2 Å². The summed E-state index contributed by atoms with van der Waals surface area (Å²) < 4.78 is 67.9. The molecule has 2 aromatic carbocycles. The van der Waals surface area contributed by atoms with Crippen LogP contribution in [0.4, 0.5) is 0 Å². The maximum Gasteiger partial charge on any atom is 2.00 e. The number of hydrogen-bond donors (Lipinski definition) is 2. The molecule has 0 amide bonds. The van der Waals surface area contributed by atoms with Crippen molar-refractivity contribution in [1.82, 2.24) is 20.4 Å². The van der Waals surface area contributed by atoms with Crippen LogP contribution in [0.2, 0.25) is 0 Å². The van der Waals surface area contributed by atoms with E-state index in [1.54, 1.807) is 0 Å². The molecule has 0 spiro atoms. The van der Waals surface area contributed by atoms with Gasteiger partial charge in [0.25, 0.3) is 0 Å². The fourth-order valence-electron chi connectivity index (χ4n) is 3.79. The molecule has 224 valence electrons. The zero-order valence-electron chi connectivity index (χ0n) is 21.5. The Hall–Kier alpha value is -0.966. The molecule has 0 atom stereocenters. The maximum atomic E-state index is 8.49. The molecular formula is C24H36Cl2N4NiO8. The van der Waals surface area contributed by atoms with Crippen molar-refractivity contribution in [1.29, 1.82) is 0 Å². The number of nitrogens with zero attached hydrogens (tertiary/aromatic N) is 2. The quantitative estimate of drug-likeness (QED) is 0.299. The van der Waals surface area contributed by atoms with E-state index < -0.39 is 20.5 Å². The van der Waals surface area contributed by atoms with Crippen molar-refractivity contribution in [2.45, 2.75) is 25.9 Å². The van der Waals surface area contributed by atoms with Gasteiger partial charge in [-0.05, 0) is 50.1 Å². The standard InChI is InChI=1S/C24H36N4.2ClHO4.Ni/c1-3-9-23(10-4-1)21-27-17-7-13-25-15-16-26-14-8-18-28(20-19-27)22-24-11-5-2-6-12-24;2*2-1(3,4)5;/h1-6,9-12,25-26H,7-8,13-22H2;2*(H,2,3,4,5);/q;;;+2/p-2. The van der Waals surface area contributed by atoms with Gasteiger partial charge in [-0.1, -0.05) is 60.7 Å². The van der Waals surface area contributed by atoms with E-state index in [1.165, 1.54) is 24.0 Å². The Kier molecular flexibility index (Phi) is 21.2. The maximum absolute atomic E-state index is 8.49. The molecule has 1 fully saturated rings. The van der Waals surface area contributed by atoms with Gasteiger partial charge in [0.2, 0.25) is 0 Å². The molecule has 39 heavy (non-hydrogen) atoms. The molecule has 0 radical (unpaired) electrons. The second kappa shape index (κ2) is 21.7. The van der Waals surface area contributed by atoms with Crippen LogP contribution < -0.4 is 47.9 Å². The molecule has 2 N–H and O–H groups in total. The molecule has 0 bridgehead atoms. The fourth-order valence-corrected chi connectivity index (χ4v) is 3.79. The Morgan fingerprint density at radius 3 is 1.13 bits per heavy atom. The molecule has 3 rings (SSSR count). The summed E-state index contributed by atoms with van der Waals surface area (Å²) in [7, 11) is -9.89. The van der Waals surface area contributed by atoms with Crippen molar-refractivity contribution in [3.8, 4) is 0 Å². The molecule has 15 heteroatoms. The van der Waals surface area contributed by atoms with Crippen molar-refractivity contribution >= 4 is 0 Å². The molecule has 0 aliphatic carbocycles. The van der Waals surface area contributed by atoms with E-state index in [2.05, 4.69) is 81.1 Å². The van der Waals surface area contributed by atoms with Crippen molar-refractivity contribution in [2.75, 3.05) is 52.4 Å². The van der Waals surface area contributed by atoms with Gasteiger partial charge in [0.1, 0.15) is 0 Å². The second-order valence-corrected chi connectivity index (χ2v) is 10.00. The topological polar surface area (TPSA) is 215 Å². The van der Waals surface area contributed by atoms with E-state index in [0.717, 1.165) is 65.4 Å². The van der Waals surface area contributed by atoms with Gasteiger partial charge in [-0.15, -0.1) is 20.5 Å². The van der Waals surface area contributed by atoms with Crippen LogP contribution in [0.5, 0.6) is 0 Å². The molecular weight excluding hydrogens is 602 g/mol. The largest absolute Gasteiger partial charge is 2.00 e. The summed E-state index contributed by atoms with van der Waals surface area (Å²) in [6.45, 7) is 10.9. The van der Waals surface area contributed by atoms with Crippen LogP contribution >= 0.6 is 0 Å². The Morgan fingerprint density at radius 1 is 0.513 bits per heavy atom. The third kappa shape index (κ3) is 27.0. The minimum absolute atomic E-state index is 0. The Morgan fingerprint density at radius 2 is 0.821 bits per heavy atom. The van der Waals surface area contributed by atoms with Crippen molar-refractivity contribution in [3.05, 3.63) is 71.8 Å². The van der Waals surface area contributed by atoms with Gasteiger partial charge in [0, 0.05) is 39.3 Å². The normalized spacial score (nSPS) is 16.8. The third-order valence-corrected chi connectivity index (χ3v) is 5.36. The third-order valence-electron chi connectivity index (χ3n) is 5.36. The van der Waals surface area contributed by atoms with Crippen LogP contribution in [-0.4, -0.2) is 62.2 Å². The Labute approximate surface area is 244 Å². The predicted octanol–water partition coefficient (Wildman–Crippen LogP) is -6.55. The van der Waals surface area contributed by atoms with E-state index in [9.17, 15) is 0 Å². The zero-order chi connectivity index (χ0) is 28.3. The second-order valence-electron chi connectivity index (χ2n) is 8.49. The summed E-state index contributed by atoms with van der Waals surface area (Å²) in [5, 5.41) is 7.13. The van der Waals surface area contributed by atoms with Crippen LogP contribution in [0.25, 0.3) is 0 Å². The molecule has 12 nitrogen and oxygen atoms in total. The van der Waals surface area contributed by atoms with Crippen molar-refractivity contribution in [3.63, 3.8) is 0 Å². The summed E-state index contributed by atoms with van der Waals surface area (Å²) >= 11 is 0. The van der Waals surface area contributed by atoms with Gasteiger partial charge in [-0.25, -0.2) is 37.3 Å². The number of benzene rings is 2. The summed E-state index contributed by atoms with van der Waals surface area (Å²) in [6.07, 6.45) is 2.40. The van der Waals surface area contributed by atoms with E-state index in [1.807, 2.05) is 0 Å². The minimum Gasteiger partial charge on any atom is -0.315 e. The number of halogens is 2. The van der Waals surface area contributed by atoms with Crippen LogP contribution in [-0.2, 0) is 29.6 Å². The molecule has 1 heterocycles. The molecule has 0 aromatic heterocycles. The number of rotatable bonds is 4. The first-order valence-electron chi connectivity index (χ1n) is 12.1. The monoisotopic (exact) mass is 636 g/mol. The average Bonchev–Trinajstić information content (AvgIpc) is 2.82. The zero-order valence-corrected chi connectivity index (χ0v) is 24.0. The van der Waals surface area contributed by atoms with Gasteiger partial charge in [0.15, 0.2) is 0 Å². The first-order chi connectivity index (χ1) is 17.9.